The number of nitrogen functional groups attached to an aromatic ring is 1. The second-order valence-corrected chi connectivity index (χ2v) is 6.79. The molecule has 1 saturated heterocycles. The number of carbonyl (C=O) groups excluding carboxylic acids is 2. The molecule has 0 aliphatic carbocycles. The number of hydrogen-bond donors (Lipinski definition) is 1. The molecule has 27 heavy (non-hydrogen) atoms. The summed E-state index contributed by atoms with van der Waals surface area (Å²) in [6.45, 7) is 2.36. The molecule has 0 saturated carbocycles. The Labute approximate surface area is 157 Å². The molecule has 0 radical (unpaired) electrons. The van der Waals surface area contributed by atoms with Crippen LogP contribution < -0.4 is 10.6 Å². The summed E-state index contributed by atoms with van der Waals surface area (Å²) in [5.74, 6) is -1.10. The molecule has 1 aliphatic rings. The Bertz CT molecular complexity index is 927. The SMILES string of the molecule is CO[C@@H]1[C@@H](OC(C)=O)[C@H](n2c(=O)sc3cnc(N)nc32)O[C@@H]1COC(C)=O. The van der Waals surface area contributed by atoms with E-state index in [0.717, 1.165) is 11.3 Å². The van der Waals surface area contributed by atoms with Crippen molar-refractivity contribution in [3.05, 3.63) is 15.9 Å². The number of nitrogens with zero attached hydrogens (tertiary/aromatic N) is 3. The Morgan fingerprint density at radius 2 is 2.07 bits per heavy atom. The van der Waals surface area contributed by atoms with Gasteiger partial charge in [0.2, 0.25) is 5.95 Å². The first kappa shape index (κ1) is 19.2. The van der Waals surface area contributed by atoms with Crippen LogP contribution in [-0.4, -0.2) is 58.5 Å². The normalized spacial score (nSPS) is 24.9. The largest absolute Gasteiger partial charge is 0.463 e. The van der Waals surface area contributed by atoms with E-state index in [2.05, 4.69) is 9.97 Å². The summed E-state index contributed by atoms with van der Waals surface area (Å²) in [4.78, 5) is 42.9. The van der Waals surface area contributed by atoms with Gasteiger partial charge in [-0.05, 0) is 0 Å². The molecule has 2 N–H and O–H groups in total. The van der Waals surface area contributed by atoms with Crippen LogP contribution in [0.15, 0.2) is 11.0 Å². The number of thiazole rings is 1. The van der Waals surface area contributed by atoms with E-state index in [-0.39, 0.29) is 18.2 Å². The van der Waals surface area contributed by atoms with Crippen LogP contribution in [0.25, 0.3) is 10.3 Å². The zero-order valence-electron chi connectivity index (χ0n) is 14.8. The lowest BCUT2D eigenvalue weighted by molar-refractivity contribution is -0.156. The molecule has 4 atom stereocenters. The van der Waals surface area contributed by atoms with Crippen molar-refractivity contribution in [1.29, 1.82) is 0 Å². The van der Waals surface area contributed by atoms with Crippen LogP contribution in [0.2, 0.25) is 0 Å². The van der Waals surface area contributed by atoms with Gasteiger partial charge in [0, 0.05) is 21.0 Å². The highest BCUT2D eigenvalue weighted by Crippen LogP contribution is 2.35. The topological polar surface area (TPSA) is 145 Å². The van der Waals surface area contributed by atoms with E-state index in [1.807, 2.05) is 0 Å². The van der Waals surface area contributed by atoms with E-state index in [0.29, 0.717) is 4.70 Å². The Balaban J connectivity index is 2.05. The van der Waals surface area contributed by atoms with Gasteiger partial charge in [-0.1, -0.05) is 11.3 Å². The number of rotatable bonds is 5. The maximum Gasteiger partial charge on any atom is 0.311 e. The maximum absolute atomic E-state index is 12.6. The summed E-state index contributed by atoms with van der Waals surface area (Å²) in [6.07, 6.45) is -2.08. The number of esters is 2. The quantitative estimate of drug-likeness (QED) is 0.674. The van der Waals surface area contributed by atoms with Gasteiger partial charge in [0.15, 0.2) is 18.0 Å². The molecule has 2 aromatic rings. The first-order chi connectivity index (χ1) is 12.8. The predicted molar refractivity (Wildman–Crippen MR) is 93.0 cm³/mol. The summed E-state index contributed by atoms with van der Waals surface area (Å²) in [6, 6.07) is 0. The molecule has 0 unspecified atom stereocenters. The van der Waals surface area contributed by atoms with E-state index in [1.54, 1.807) is 0 Å². The van der Waals surface area contributed by atoms with Crippen LogP contribution in [0, 0.1) is 0 Å². The average Bonchev–Trinajstić information content (AvgIpc) is 3.08. The van der Waals surface area contributed by atoms with E-state index in [1.165, 1.54) is 31.7 Å². The summed E-state index contributed by atoms with van der Waals surface area (Å²) >= 11 is 0.904. The van der Waals surface area contributed by atoms with Crippen LogP contribution >= 0.6 is 11.3 Å². The highest BCUT2D eigenvalue weighted by Gasteiger charge is 2.49. The lowest BCUT2D eigenvalue weighted by Crippen LogP contribution is -2.39. The van der Waals surface area contributed by atoms with Crippen LogP contribution in [0.5, 0.6) is 0 Å². The summed E-state index contributed by atoms with van der Waals surface area (Å²) in [5, 5.41) is 0. The van der Waals surface area contributed by atoms with Gasteiger partial charge >= 0.3 is 16.8 Å². The van der Waals surface area contributed by atoms with Gasteiger partial charge < -0.3 is 24.7 Å². The molecule has 0 bridgehead atoms. The molecule has 1 fully saturated rings. The van der Waals surface area contributed by atoms with E-state index >= 15 is 0 Å². The highest BCUT2D eigenvalue weighted by atomic mass is 32.1. The highest BCUT2D eigenvalue weighted by molar-refractivity contribution is 7.16. The smallest absolute Gasteiger partial charge is 0.311 e. The van der Waals surface area contributed by atoms with E-state index < -0.39 is 41.4 Å². The summed E-state index contributed by atoms with van der Waals surface area (Å²) in [7, 11) is 1.41. The third-order valence-electron chi connectivity index (χ3n) is 3.94. The summed E-state index contributed by atoms with van der Waals surface area (Å²) < 4.78 is 23.4. The zero-order valence-corrected chi connectivity index (χ0v) is 15.6. The van der Waals surface area contributed by atoms with Crippen molar-refractivity contribution in [3.8, 4) is 0 Å². The second-order valence-electron chi connectivity index (χ2n) is 5.80. The molecular formula is C15H18N4O7S. The minimum atomic E-state index is -1.03. The molecule has 3 heterocycles. The number of hydrogen-bond acceptors (Lipinski definition) is 11. The number of ether oxygens (including phenoxy) is 4. The van der Waals surface area contributed by atoms with Gasteiger partial charge in [0.05, 0.1) is 10.9 Å². The number of anilines is 1. The molecular weight excluding hydrogens is 380 g/mol. The van der Waals surface area contributed by atoms with Crippen LogP contribution in [0.1, 0.15) is 20.1 Å². The Morgan fingerprint density at radius 1 is 1.33 bits per heavy atom. The second kappa shape index (κ2) is 7.58. The van der Waals surface area contributed by atoms with Crippen molar-refractivity contribution in [2.75, 3.05) is 19.5 Å². The van der Waals surface area contributed by atoms with E-state index in [9.17, 15) is 14.4 Å². The zero-order chi connectivity index (χ0) is 19.7. The van der Waals surface area contributed by atoms with Crippen molar-refractivity contribution in [3.63, 3.8) is 0 Å². The molecule has 11 nitrogen and oxygen atoms in total. The minimum Gasteiger partial charge on any atom is -0.463 e. The third-order valence-corrected chi connectivity index (χ3v) is 4.82. The fourth-order valence-electron chi connectivity index (χ4n) is 2.93. The molecule has 3 rings (SSSR count). The van der Waals surface area contributed by atoms with E-state index in [4.69, 9.17) is 24.7 Å². The van der Waals surface area contributed by atoms with Crippen molar-refractivity contribution in [2.24, 2.45) is 0 Å². The number of nitrogens with two attached hydrogens (primary N) is 1. The van der Waals surface area contributed by atoms with Crippen molar-refractivity contribution in [2.45, 2.75) is 38.4 Å². The molecule has 146 valence electrons. The Morgan fingerprint density at radius 3 is 2.70 bits per heavy atom. The minimum absolute atomic E-state index is 0.0177. The van der Waals surface area contributed by atoms with Gasteiger partial charge in [0.1, 0.15) is 18.8 Å². The van der Waals surface area contributed by atoms with Crippen molar-refractivity contribution < 1.29 is 28.5 Å². The predicted octanol–water partition coefficient (Wildman–Crippen LogP) is -0.158. The van der Waals surface area contributed by atoms with Crippen molar-refractivity contribution in [1.82, 2.24) is 14.5 Å². The Hall–Kier alpha value is -2.57. The van der Waals surface area contributed by atoms with Gasteiger partial charge in [-0.2, -0.15) is 4.98 Å². The molecule has 2 aromatic heterocycles. The van der Waals surface area contributed by atoms with Gasteiger partial charge in [-0.15, -0.1) is 0 Å². The number of carbonyl (C=O) groups is 2. The van der Waals surface area contributed by atoms with Gasteiger partial charge in [-0.3, -0.25) is 19.0 Å². The fourth-order valence-corrected chi connectivity index (χ4v) is 3.74. The first-order valence-electron chi connectivity index (χ1n) is 7.94. The monoisotopic (exact) mass is 398 g/mol. The third kappa shape index (κ3) is 3.77. The molecule has 0 amide bonds. The Kier molecular flexibility index (Phi) is 5.39. The standard InChI is InChI=1S/C15H18N4O7S/c1-6(20)24-5-8-10(23-3)11(25-7(2)21)13(26-8)19-12-9(27-15(19)22)4-17-14(16)18-12/h4,8,10-11,13H,5H2,1-3H3,(H2,16,17,18)/t8-,10+,11-,13-/m1/s1. The van der Waals surface area contributed by atoms with Crippen molar-refractivity contribution >= 4 is 39.6 Å². The van der Waals surface area contributed by atoms with Crippen LogP contribution in [0.3, 0.4) is 0 Å². The fraction of sp³-hybridized carbons (Fsp3) is 0.533. The first-order valence-corrected chi connectivity index (χ1v) is 8.76. The number of fused-ring (bicyclic) bond motifs is 1. The van der Waals surface area contributed by atoms with Gasteiger partial charge in [0.25, 0.3) is 0 Å². The molecule has 0 aromatic carbocycles. The van der Waals surface area contributed by atoms with Crippen LogP contribution in [-0.2, 0) is 28.5 Å². The molecule has 0 spiro atoms. The lowest BCUT2D eigenvalue weighted by Gasteiger charge is -2.22. The lowest BCUT2D eigenvalue weighted by atomic mass is 10.1. The maximum atomic E-state index is 12.6. The summed E-state index contributed by atoms with van der Waals surface area (Å²) in [5.41, 5.74) is 5.89. The van der Waals surface area contributed by atoms with Gasteiger partial charge in [-0.25, -0.2) is 4.98 Å². The number of aromatic nitrogens is 3. The molecule has 12 heteroatoms. The molecule has 1 aliphatic heterocycles. The number of methoxy groups -OCH3 is 1. The average molecular weight is 398 g/mol. The van der Waals surface area contributed by atoms with Crippen LogP contribution in [0.4, 0.5) is 5.95 Å².